The van der Waals surface area contributed by atoms with Crippen LogP contribution in [-0.4, -0.2) is 24.4 Å². The third kappa shape index (κ3) is 3.84. The van der Waals surface area contributed by atoms with Crippen molar-refractivity contribution in [1.82, 2.24) is 0 Å². The number of hydrogen-bond donors (Lipinski definition) is 0. The molecule has 0 aromatic carbocycles. The Kier molecular flexibility index (Phi) is 3.96. The van der Waals surface area contributed by atoms with Gasteiger partial charge in [0.25, 0.3) is 0 Å². The Bertz CT molecular complexity index is 280. The predicted molar refractivity (Wildman–Crippen MR) is 49.5 cm³/mol. The maximum atomic E-state index is 11.8. The highest BCUT2D eigenvalue weighted by Crippen LogP contribution is 2.41. The zero-order valence-electron chi connectivity index (χ0n) is 8.84. The monoisotopic (exact) mass is 238 g/mol. The van der Waals surface area contributed by atoms with Gasteiger partial charge in [0.1, 0.15) is 0 Å². The maximum absolute atomic E-state index is 11.8. The van der Waals surface area contributed by atoms with Gasteiger partial charge in [-0.2, -0.15) is 13.2 Å². The van der Waals surface area contributed by atoms with E-state index in [1.165, 1.54) is 12.3 Å². The van der Waals surface area contributed by atoms with Crippen molar-refractivity contribution in [2.24, 2.45) is 0 Å². The van der Waals surface area contributed by atoms with Crippen molar-refractivity contribution in [2.75, 3.05) is 6.61 Å². The average Bonchev–Trinajstić information content (AvgIpc) is 2.93. The van der Waals surface area contributed by atoms with Gasteiger partial charge in [-0.25, -0.2) is 4.79 Å². The van der Waals surface area contributed by atoms with E-state index in [-0.39, 0.29) is 0 Å². The quantitative estimate of drug-likeness (QED) is 0.545. The first-order valence-electron chi connectivity index (χ1n) is 4.93. The molecule has 1 rings (SSSR count). The van der Waals surface area contributed by atoms with Gasteiger partial charge < -0.3 is 9.47 Å². The van der Waals surface area contributed by atoms with Gasteiger partial charge in [0, 0.05) is 0 Å². The van der Waals surface area contributed by atoms with Crippen molar-refractivity contribution in [3.63, 3.8) is 0 Å². The van der Waals surface area contributed by atoms with Gasteiger partial charge in [0.15, 0.2) is 5.60 Å². The van der Waals surface area contributed by atoms with Crippen LogP contribution >= 0.6 is 0 Å². The van der Waals surface area contributed by atoms with Crippen LogP contribution in [0.15, 0.2) is 12.3 Å². The smallest absolute Gasteiger partial charge is 0.391 e. The van der Waals surface area contributed by atoms with Crippen LogP contribution in [0.4, 0.5) is 13.2 Å². The number of carbonyl (C=O) groups excluding carboxylic acids is 1. The molecule has 92 valence electrons. The summed E-state index contributed by atoms with van der Waals surface area (Å²) in [6.07, 6.45) is -1.77. The Labute approximate surface area is 91.2 Å². The van der Waals surface area contributed by atoms with Gasteiger partial charge in [-0.1, -0.05) is 6.08 Å². The molecule has 0 aromatic heterocycles. The van der Waals surface area contributed by atoms with E-state index in [4.69, 9.17) is 4.74 Å². The number of ether oxygens (including phenoxy) is 2. The molecule has 0 unspecified atom stereocenters. The average molecular weight is 238 g/mol. The SMILES string of the molecule is CC=COC(=O)C1(OCCC(F)(F)F)CC1. The lowest BCUT2D eigenvalue weighted by molar-refractivity contribution is -0.167. The van der Waals surface area contributed by atoms with Crippen molar-refractivity contribution in [3.8, 4) is 0 Å². The molecular formula is C10H13F3O3. The fourth-order valence-electron chi connectivity index (χ4n) is 1.12. The highest BCUT2D eigenvalue weighted by molar-refractivity contribution is 5.83. The largest absolute Gasteiger partial charge is 0.433 e. The van der Waals surface area contributed by atoms with Crippen molar-refractivity contribution in [2.45, 2.75) is 38.0 Å². The summed E-state index contributed by atoms with van der Waals surface area (Å²) in [7, 11) is 0. The summed E-state index contributed by atoms with van der Waals surface area (Å²) in [6.45, 7) is 1.16. The molecule has 0 atom stereocenters. The van der Waals surface area contributed by atoms with E-state index >= 15 is 0 Å². The maximum Gasteiger partial charge on any atom is 0.391 e. The van der Waals surface area contributed by atoms with Crippen LogP contribution in [0.3, 0.4) is 0 Å². The first-order valence-corrected chi connectivity index (χ1v) is 4.93. The van der Waals surface area contributed by atoms with E-state index in [1.807, 2.05) is 0 Å². The third-order valence-corrected chi connectivity index (χ3v) is 2.15. The molecule has 0 aliphatic heterocycles. The summed E-state index contributed by atoms with van der Waals surface area (Å²) >= 11 is 0. The molecule has 1 aliphatic rings. The van der Waals surface area contributed by atoms with Crippen molar-refractivity contribution >= 4 is 5.97 Å². The van der Waals surface area contributed by atoms with E-state index in [2.05, 4.69) is 4.74 Å². The third-order valence-electron chi connectivity index (χ3n) is 2.15. The topological polar surface area (TPSA) is 35.5 Å². The summed E-state index contributed by atoms with van der Waals surface area (Å²) in [5, 5.41) is 0. The van der Waals surface area contributed by atoms with Crippen LogP contribution < -0.4 is 0 Å². The molecule has 0 amide bonds. The lowest BCUT2D eigenvalue weighted by Crippen LogP contribution is -2.29. The Morgan fingerprint density at radius 1 is 1.44 bits per heavy atom. The van der Waals surface area contributed by atoms with Gasteiger partial charge in [-0.05, 0) is 19.8 Å². The van der Waals surface area contributed by atoms with Crippen molar-refractivity contribution in [1.29, 1.82) is 0 Å². The minimum absolute atomic E-state index is 0.418. The molecule has 16 heavy (non-hydrogen) atoms. The van der Waals surface area contributed by atoms with Crippen LogP contribution in [0, 0.1) is 0 Å². The van der Waals surface area contributed by atoms with E-state index in [0.29, 0.717) is 12.8 Å². The number of carbonyl (C=O) groups is 1. The molecule has 0 heterocycles. The second kappa shape index (κ2) is 4.86. The Balaban J connectivity index is 2.33. The fraction of sp³-hybridized carbons (Fsp3) is 0.700. The number of allylic oxidation sites excluding steroid dienone is 1. The summed E-state index contributed by atoms with van der Waals surface area (Å²) in [4.78, 5) is 11.4. The molecule has 1 aliphatic carbocycles. The van der Waals surface area contributed by atoms with Gasteiger partial charge in [-0.15, -0.1) is 0 Å². The minimum Gasteiger partial charge on any atom is -0.433 e. The van der Waals surface area contributed by atoms with E-state index < -0.39 is 30.8 Å². The van der Waals surface area contributed by atoms with Gasteiger partial charge >= 0.3 is 12.1 Å². The predicted octanol–water partition coefficient (Wildman–Crippen LogP) is 2.56. The van der Waals surface area contributed by atoms with Crippen LogP contribution in [0.2, 0.25) is 0 Å². The number of hydrogen-bond acceptors (Lipinski definition) is 3. The van der Waals surface area contributed by atoms with Crippen LogP contribution in [0.5, 0.6) is 0 Å². The second-order valence-corrected chi connectivity index (χ2v) is 3.58. The summed E-state index contributed by atoms with van der Waals surface area (Å²) < 4.78 is 45.2. The molecule has 6 heteroatoms. The van der Waals surface area contributed by atoms with E-state index in [9.17, 15) is 18.0 Å². The Morgan fingerprint density at radius 2 is 2.06 bits per heavy atom. The van der Waals surface area contributed by atoms with E-state index in [0.717, 1.165) is 0 Å². The van der Waals surface area contributed by atoms with Gasteiger partial charge in [-0.3, -0.25) is 0 Å². The number of halogens is 3. The zero-order chi connectivity index (χ0) is 12.2. The molecule has 0 aromatic rings. The Hall–Kier alpha value is -1.04. The molecule has 0 saturated heterocycles. The van der Waals surface area contributed by atoms with Crippen LogP contribution in [-0.2, 0) is 14.3 Å². The molecule has 0 spiro atoms. The summed E-state index contributed by atoms with van der Waals surface area (Å²) in [5.41, 5.74) is -1.13. The highest BCUT2D eigenvalue weighted by atomic mass is 19.4. The molecule has 0 N–H and O–H groups in total. The van der Waals surface area contributed by atoms with Crippen LogP contribution in [0.1, 0.15) is 26.2 Å². The zero-order valence-corrected chi connectivity index (χ0v) is 8.84. The Morgan fingerprint density at radius 3 is 2.50 bits per heavy atom. The first-order chi connectivity index (χ1) is 7.40. The lowest BCUT2D eigenvalue weighted by Gasteiger charge is -2.14. The summed E-state index contributed by atoms with van der Waals surface area (Å²) in [5.74, 6) is -0.618. The van der Waals surface area contributed by atoms with Crippen molar-refractivity contribution in [3.05, 3.63) is 12.3 Å². The van der Waals surface area contributed by atoms with Gasteiger partial charge in [0.05, 0.1) is 19.3 Å². The van der Waals surface area contributed by atoms with Crippen LogP contribution in [0.25, 0.3) is 0 Å². The standard InChI is InChI=1S/C10H13F3O3/c1-2-6-15-8(14)9(3-4-9)16-7-5-10(11,12)13/h2,6H,3-5,7H2,1H3. The highest BCUT2D eigenvalue weighted by Gasteiger charge is 2.53. The van der Waals surface area contributed by atoms with Crippen molar-refractivity contribution < 1.29 is 27.4 Å². The number of rotatable bonds is 5. The fourth-order valence-corrected chi connectivity index (χ4v) is 1.12. The molecule has 1 fully saturated rings. The normalized spacial score (nSPS) is 18.8. The molecule has 3 nitrogen and oxygen atoms in total. The molecule has 0 bridgehead atoms. The first kappa shape index (κ1) is 13.0. The number of alkyl halides is 3. The minimum atomic E-state index is -4.26. The number of esters is 1. The summed E-state index contributed by atoms with van der Waals surface area (Å²) in [6, 6.07) is 0. The van der Waals surface area contributed by atoms with E-state index in [1.54, 1.807) is 6.92 Å². The second-order valence-electron chi connectivity index (χ2n) is 3.58. The molecular weight excluding hydrogens is 225 g/mol. The lowest BCUT2D eigenvalue weighted by atomic mass is 10.3. The molecule has 1 saturated carbocycles. The van der Waals surface area contributed by atoms with Gasteiger partial charge in [0.2, 0.25) is 0 Å². The molecule has 0 radical (unpaired) electrons.